The zero-order valence-corrected chi connectivity index (χ0v) is 15.4. The van der Waals surface area contributed by atoms with Gasteiger partial charge in [-0.25, -0.2) is 9.50 Å². The first kappa shape index (κ1) is 16.9. The summed E-state index contributed by atoms with van der Waals surface area (Å²) in [5, 5.41) is 4.11. The summed E-state index contributed by atoms with van der Waals surface area (Å²) >= 11 is 12.2. The molecule has 1 aromatic carbocycles. The van der Waals surface area contributed by atoms with E-state index in [4.69, 9.17) is 23.2 Å². The first-order valence-electron chi connectivity index (χ1n) is 6.86. The molecule has 0 aliphatic heterocycles. The van der Waals surface area contributed by atoms with Crippen molar-refractivity contribution in [2.24, 2.45) is 0 Å². The summed E-state index contributed by atoms with van der Waals surface area (Å²) < 4.78 is 28.0. The van der Waals surface area contributed by atoms with Crippen LogP contribution in [-0.2, 0) is 10.0 Å². The van der Waals surface area contributed by atoms with Crippen molar-refractivity contribution in [1.82, 2.24) is 19.6 Å². The van der Waals surface area contributed by atoms with Crippen LogP contribution in [0.25, 0.3) is 5.78 Å². The number of sulfonamides is 1. The highest BCUT2D eigenvalue weighted by atomic mass is 35.5. The van der Waals surface area contributed by atoms with Crippen molar-refractivity contribution in [2.45, 2.75) is 19.0 Å². The number of hydrogen-bond donors (Lipinski definition) is 0. The summed E-state index contributed by atoms with van der Waals surface area (Å²) in [5.74, 6) is 0.213. The molecular formula is C14H13Cl2N5O2S. The number of anilines is 1. The molecule has 0 bridgehead atoms. The van der Waals surface area contributed by atoms with E-state index >= 15 is 0 Å². The fourth-order valence-electron chi connectivity index (χ4n) is 2.29. The van der Waals surface area contributed by atoms with Crippen LogP contribution in [0.5, 0.6) is 0 Å². The largest absolute Gasteiger partial charge is 0.301 e. The Morgan fingerprint density at radius 1 is 1.12 bits per heavy atom. The van der Waals surface area contributed by atoms with Crippen LogP contribution in [0.1, 0.15) is 11.4 Å². The number of aryl methyl sites for hydroxylation is 2. The lowest BCUT2D eigenvalue weighted by Gasteiger charge is -2.19. The van der Waals surface area contributed by atoms with E-state index in [0.29, 0.717) is 0 Å². The SMILES string of the molecule is Cc1cc(C)n2nc(S(=O)(=O)N(C)c3c(Cl)cccc3Cl)nc2n1. The fraction of sp³-hybridized carbons (Fsp3) is 0.214. The van der Waals surface area contributed by atoms with Gasteiger partial charge in [0.15, 0.2) is 0 Å². The Balaban J connectivity index is 2.16. The molecule has 0 saturated heterocycles. The van der Waals surface area contributed by atoms with Crippen molar-refractivity contribution >= 4 is 44.7 Å². The van der Waals surface area contributed by atoms with Gasteiger partial charge in [-0.15, -0.1) is 5.10 Å². The minimum atomic E-state index is -4.05. The molecule has 0 aliphatic rings. The molecule has 3 rings (SSSR count). The van der Waals surface area contributed by atoms with E-state index in [1.54, 1.807) is 38.1 Å². The number of hydrogen-bond acceptors (Lipinski definition) is 5. The number of fused-ring (bicyclic) bond motifs is 1. The van der Waals surface area contributed by atoms with Crippen molar-refractivity contribution in [3.05, 3.63) is 45.7 Å². The number of benzene rings is 1. The molecule has 0 atom stereocenters. The molecule has 0 fully saturated rings. The minimum absolute atomic E-state index is 0.167. The molecular weight excluding hydrogens is 373 g/mol. The Morgan fingerprint density at radius 3 is 2.38 bits per heavy atom. The molecule has 3 aromatic rings. The molecule has 0 aliphatic carbocycles. The molecule has 10 heteroatoms. The minimum Gasteiger partial charge on any atom is -0.264 e. The highest BCUT2D eigenvalue weighted by Crippen LogP contribution is 2.35. The van der Waals surface area contributed by atoms with Gasteiger partial charge >= 0.3 is 10.0 Å². The van der Waals surface area contributed by atoms with E-state index in [1.165, 1.54) is 11.6 Å². The van der Waals surface area contributed by atoms with E-state index < -0.39 is 10.0 Å². The third-order valence-corrected chi connectivity index (χ3v) is 5.59. The molecule has 7 nitrogen and oxygen atoms in total. The molecule has 0 spiro atoms. The van der Waals surface area contributed by atoms with E-state index in [1.807, 2.05) is 0 Å². The molecule has 0 N–H and O–H groups in total. The number of aromatic nitrogens is 4. The average Bonchev–Trinajstić information content (AvgIpc) is 2.91. The van der Waals surface area contributed by atoms with Crippen LogP contribution in [0, 0.1) is 13.8 Å². The third-order valence-electron chi connectivity index (χ3n) is 3.44. The normalized spacial score (nSPS) is 11.9. The lowest BCUT2D eigenvalue weighted by Crippen LogP contribution is -2.28. The molecule has 24 heavy (non-hydrogen) atoms. The molecule has 2 heterocycles. The van der Waals surface area contributed by atoms with Gasteiger partial charge in [0.05, 0.1) is 15.7 Å². The van der Waals surface area contributed by atoms with Crippen molar-refractivity contribution < 1.29 is 8.42 Å². The highest BCUT2D eigenvalue weighted by molar-refractivity contribution is 7.92. The summed E-state index contributed by atoms with van der Waals surface area (Å²) in [6.45, 7) is 3.59. The second-order valence-electron chi connectivity index (χ2n) is 5.19. The van der Waals surface area contributed by atoms with Gasteiger partial charge in [0.2, 0.25) is 0 Å². The Bertz CT molecular complexity index is 1030. The Hall–Kier alpha value is -1.90. The Morgan fingerprint density at radius 2 is 1.75 bits per heavy atom. The van der Waals surface area contributed by atoms with E-state index in [0.717, 1.165) is 15.7 Å². The predicted molar refractivity (Wildman–Crippen MR) is 92.3 cm³/mol. The number of rotatable bonds is 3. The molecule has 126 valence electrons. The smallest absolute Gasteiger partial charge is 0.264 e. The second kappa shape index (κ2) is 5.87. The van der Waals surface area contributed by atoms with Gasteiger partial charge in [-0.1, -0.05) is 29.3 Å². The van der Waals surface area contributed by atoms with Gasteiger partial charge in [-0.2, -0.15) is 13.4 Å². The number of para-hydroxylation sites is 1. The molecule has 0 saturated carbocycles. The Kier molecular flexibility index (Phi) is 4.15. The van der Waals surface area contributed by atoms with Crippen molar-refractivity contribution in [3.63, 3.8) is 0 Å². The number of halogens is 2. The molecule has 2 aromatic heterocycles. The zero-order chi connectivity index (χ0) is 17.6. The van der Waals surface area contributed by atoms with Crippen molar-refractivity contribution in [3.8, 4) is 0 Å². The topological polar surface area (TPSA) is 80.5 Å². The lowest BCUT2D eigenvalue weighted by molar-refractivity contribution is 0.585. The standard InChI is InChI=1S/C14H13Cl2N5O2S/c1-8-7-9(2)21-13(17-8)18-14(19-21)24(22,23)20(3)12-10(15)5-4-6-11(12)16/h4-7H,1-3H3. The van der Waals surface area contributed by atoms with Crippen LogP contribution in [0.2, 0.25) is 10.0 Å². The van der Waals surface area contributed by atoms with Crippen LogP contribution in [-0.4, -0.2) is 35.0 Å². The van der Waals surface area contributed by atoms with Crippen molar-refractivity contribution in [2.75, 3.05) is 11.4 Å². The summed E-state index contributed by atoms with van der Waals surface area (Å²) in [4.78, 5) is 8.23. The highest BCUT2D eigenvalue weighted by Gasteiger charge is 2.29. The van der Waals surface area contributed by atoms with Gasteiger partial charge in [0, 0.05) is 18.4 Å². The zero-order valence-electron chi connectivity index (χ0n) is 13.0. The van der Waals surface area contributed by atoms with Crippen LogP contribution in [0.3, 0.4) is 0 Å². The third kappa shape index (κ3) is 2.70. The quantitative estimate of drug-likeness (QED) is 0.692. The maximum absolute atomic E-state index is 12.8. The summed E-state index contributed by atoms with van der Waals surface area (Å²) in [5.41, 5.74) is 1.62. The van der Waals surface area contributed by atoms with Crippen LogP contribution >= 0.6 is 23.2 Å². The second-order valence-corrected chi connectivity index (χ2v) is 7.87. The first-order valence-corrected chi connectivity index (χ1v) is 9.05. The molecule has 0 radical (unpaired) electrons. The monoisotopic (exact) mass is 385 g/mol. The van der Waals surface area contributed by atoms with E-state index in [9.17, 15) is 8.42 Å². The predicted octanol–water partition coefficient (Wildman–Crippen LogP) is 2.87. The van der Waals surface area contributed by atoms with Crippen molar-refractivity contribution in [1.29, 1.82) is 0 Å². The van der Waals surface area contributed by atoms with Crippen LogP contribution in [0.4, 0.5) is 5.69 Å². The van der Waals surface area contributed by atoms with Gasteiger partial charge in [-0.3, -0.25) is 4.31 Å². The molecule has 0 amide bonds. The fourth-order valence-corrected chi connectivity index (χ4v) is 4.10. The Labute approximate surface area is 148 Å². The van der Waals surface area contributed by atoms with E-state index in [-0.39, 0.29) is 26.7 Å². The first-order chi connectivity index (χ1) is 11.2. The average molecular weight is 386 g/mol. The van der Waals surface area contributed by atoms with E-state index in [2.05, 4.69) is 15.1 Å². The number of nitrogens with zero attached hydrogens (tertiary/aromatic N) is 5. The summed E-state index contributed by atoms with van der Waals surface area (Å²) in [6, 6.07) is 6.53. The summed E-state index contributed by atoms with van der Waals surface area (Å²) in [6.07, 6.45) is 0. The van der Waals surface area contributed by atoms with Gasteiger partial charge in [0.25, 0.3) is 10.9 Å². The maximum Gasteiger partial charge on any atom is 0.301 e. The molecule has 0 unspecified atom stereocenters. The van der Waals surface area contributed by atoms with Crippen LogP contribution < -0.4 is 4.31 Å². The van der Waals surface area contributed by atoms with Crippen LogP contribution in [0.15, 0.2) is 29.4 Å². The summed E-state index contributed by atoms with van der Waals surface area (Å²) in [7, 11) is -2.70. The van der Waals surface area contributed by atoms with Gasteiger partial charge in [-0.05, 0) is 32.0 Å². The maximum atomic E-state index is 12.8. The van der Waals surface area contributed by atoms with Gasteiger partial charge in [0.1, 0.15) is 0 Å². The van der Waals surface area contributed by atoms with Gasteiger partial charge < -0.3 is 0 Å². The lowest BCUT2D eigenvalue weighted by atomic mass is 10.3.